The number of aromatic amines is 1. The van der Waals surface area contributed by atoms with Gasteiger partial charge in [0.05, 0.1) is 6.21 Å². The Hall–Kier alpha value is -3.33. The van der Waals surface area contributed by atoms with Crippen LogP contribution in [0.25, 0.3) is 11.5 Å². The molecule has 9 heteroatoms. The van der Waals surface area contributed by atoms with Crippen LogP contribution in [0.1, 0.15) is 5.56 Å². The second kappa shape index (κ2) is 7.49. The number of benzene rings is 1. The molecule has 0 spiro atoms. The molecule has 2 heterocycles. The number of rotatable bonds is 6. The number of aliphatic carboxylic acids is 1. The normalized spacial score (nSPS) is 10.9. The highest BCUT2D eigenvalue weighted by molar-refractivity contribution is 7.71. The first-order valence-corrected chi connectivity index (χ1v) is 7.63. The average molecular weight is 355 g/mol. The van der Waals surface area contributed by atoms with Gasteiger partial charge in [-0.05, 0) is 36.5 Å². The van der Waals surface area contributed by atoms with Gasteiger partial charge < -0.3 is 9.84 Å². The first-order valence-electron chi connectivity index (χ1n) is 7.22. The largest absolute Gasteiger partial charge is 0.481 e. The topological polar surface area (TPSA) is 105 Å². The molecule has 0 saturated heterocycles. The maximum atomic E-state index is 10.7. The lowest BCUT2D eigenvalue weighted by molar-refractivity contribution is -0.139. The summed E-state index contributed by atoms with van der Waals surface area (Å²) in [6.07, 6.45) is 3.17. The van der Waals surface area contributed by atoms with Crippen LogP contribution in [0.5, 0.6) is 5.75 Å². The van der Waals surface area contributed by atoms with E-state index in [4.69, 9.17) is 22.1 Å². The number of carboxylic acid groups (broad SMARTS) is 1. The number of carbonyl (C=O) groups is 1. The van der Waals surface area contributed by atoms with Crippen molar-refractivity contribution in [1.82, 2.24) is 19.9 Å². The van der Waals surface area contributed by atoms with E-state index in [-0.39, 0.29) is 0 Å². The van der Waals surface area contributed by atoms with Crippen LogP contribution in [0.15, 0.2) is 53.8 Å². The van der Waals surface area contributed by atoms with Crippen LogP contribution in [0, 0.1) is 4.77 Å². The molecular formula is C16H13N5O3S. The van der Waals surface area contributed by atoms with Crippen molar-refractivity contribution in [2.75, 3.05) is 6.61 Å². The number of carboxylic acids is 1. The fourth-order valence-corrected chi connectivity index (χ4v) is 2.22. The zero-order valence-corrected chi connectivity index (χ0v) is 13.7. The van der Waals surface area contributed by atoms with Gasteiger partial charge in [-0.2, -0.15) is 14.9 Å². The van der Waals surface area contributed by atoms with Crippen LogP contribution < -0.4 is 4.74 Å². The maximum Gasteiger partial charge on any atom is 0.341 e. The minimum Gasteiger partial charge on any atom is -0.481 e. The highest BCUT2D eigenvalue weighted by Crippen LogP contribution is 2.17. The third kappa shape index (κ3) is 3.96. The van der Waals surface area contributed by atoms with E-state index in [9.17, 15) is 4.79 Å². The first kappa shape index (κ1) is 16.5. The molecule has 1 aromatic carbocycles. The molecule has 3 aromatic rings. The summed E-state index contributed by atoms with van der Waals surface area (Å²) in [5, 5.41) is 19.9. The third-order valence-electron chi connectivity index (χ3n) is 3.13. The lowest BCUT2D eigenvalue weighted by Gasteiger charge is -2.06. The Kier molecular flexibility index (Phi) is 4.95. The Balaban J connectivity index is 1.93. The monoisotopic (exact) mass is 355 g/mol. The van der Waals surface area contributed by atoms with Gasteiger partial charge in [-0.1, -0.05) is 18.2 Å². The van der Waals surface area contributed by atoms with Crippen molar-refractivity contribution in [2.24, 2.45) is 5.10 Å². The van der Waals surface area contributed by atoms with Crippen LogP contribution in [-0.2, 0) is 4.79 Å². The number of nitrogens with zero attached hydrogens (tertiary/aromatic N) is 4. The van der Waals surface area contributed by atoms with E-state index in [1.807, 2.05) is 6.07 Å². The molecule has 3 rings (SSSR count). The van der Waals surface area contributed by atoms with Crippen molar-refractivity contribution >= 4 is 24.4 Å². The van der Waals surface area contributed by atoms with Crippen LogP contribution in [0.3, 0.4) is 0 Å². The van der Waals surface area contributed by atoms with Crippen molar-refractivity contribution in [3.8, 4) is 17.3 Å². The summed E-state index contributed by atoms with van der Waals surface area (Å²) >= 11 is 5.20. The van der Waals surface area contributed by atoms with Gasteiger partial charge in [-0.3, -0.25) is 4.98 Å². The van der Waals surface area contributed by atoms with Gasteiger partial charge in [0.2, 0.25) is 10.6 Å². The summed E-state index contributed by atoms with van der Waals surface area (Å²) in [4.78, 5) is 14.9. The second-order valence-corrected chi connectivity index (χ2v) is 5.23. The lowest BCUT2D eigenvalue weighted by Crippen LogP contribution is -2.10. The number of hydrogen-bond acceptors (Lipinski definition) is 6. The van der Waals surface area contributed by atoms with Crippen LogP contribution in [0.2, 0.25) is 0 Å². The number of hydrogen-bond donors (Lipinski definition) is 2. The number of nitrogens with one attached hydrogen (secondary N) is 1. The zero-order chi connectivity index (χ0) is 17.6. The van der Waals surface area contributed by atoms with E-state index in [0.717, 1.165) is 0 Å². The third-order valence-corrected chi connectivity index (χ3v) is 3.39. The Labute approximate surface area is 147 Å². The lowest BCUT2D eigenvalue weighted by atomic mass is 10.2. The van der Waals surface area contributed by atoms with Crippen molar-refractivity contribution in [3.63, 3.8) is 0 Å². The molecule has 0 saturated carbocycles. The first-order chi connectivity index (χ1) is 12.1. The number of para-hydroxylation sites is 1. The summed E-state index contributed by atoms with van der Waals surface area (Å²) in [6, 6.07) is 12.4. The van der Waals surface area contributed by atoms with E-state index < -0.39 is 12.6 Å². The Morgan fingerprint density at radius 3 is 2.88 bits per heavy atom. The second-order valence-electron chi connectivity index (χ2n) is 4.84. The van der Waals surface area contributed by atoms with E-state index >= 15 is 0 Å². The maximum absolute atomic E-state index is 10.7. The standard InChI is InChI=1S/C16H13N5O3S/c22-14(23)10-24-13-7-2-1-5-11(13)9-18-21-15(19-20-16(21)25)12-6-3-4-8-17-12/h1-9H,10H2,(H,20,25)(H,22,23)/b18-9-. The molecule has 2 N–H and O–H groups in total. The summed E-state index contributed by atoms with van der Waals surface area (Å²) in [5.74, 6) is -0.185. The molecule has 25 heavy (non-hydrogen) atoms. The molecule has 0 fully saturated rings. The highest BCUT2D eigenvalue weighted by atomic mass is 32.1. The van der Waals surface area contributed by atoms with Crippen molar-refractivity contribution in [3.05, 3.63) is 59.0 Å². The molecule has 0 amide bonds. The molecule has 0 aliphatic heterocycles. The molecule has 2 aromatic heterocycles. The minimum atomic E-state index is -1.05. The number of pyridine rings is 1. The van der Waals surface area contributed by atoms with Gasteiger partial charge in [-0.15, -0.1) is 0 Å². The Bertz CT molecular complexity index is 965. The summed E-state index contributed by atoms with van der Waals surface area (Å²) in [6.45, 7) is -0.435. The van der Waals surface area contributed by atoms with Crippen LogP contribution in [0.4, 0.5) is 0 Å². The average Bonchev–Trinajstić information content (AvgIpc) is 3.00. The molecule has 0 aliphatic carbocycles. The molecule has 126 valence electrons. The quantitative estimate of drug-likeness (QED) is 0.519. The zero-order valence-electron chi connectivity index (χ0n) is 12.9. The smallest absolute Gasteiger partial charge is 0.341 e. The minimum absolute atomic E-state index is 0.306. The van der Waals surface area contributed by atoms with Gasteiger partial charge in [0, 0.05) is 11.8 Å². The summed E-state index contributed by atoms with van der Waals surface area (Å²) < 4.78 is 6.99. The summed E-state index contributed by atoms with van der Waals surface area (Å²) in [5.41, 5.74) is 1.22. The molecule has 0 aliphatic rings. The van der Waals surface area contributed by atoms with E-state index in [1.54, 1.807) is 42.6 Å². The molecule has 8 nitrogen and oxygen atoms in total. The van der Waals surface area contributed by atoms with E-state index in [1.165, 1.54) is 10.9 Å². The highest BCUT2D eigenvalue weighted by Gasteiger charge is 2.09. The van der Waals surface area contributed by atoms with Crippen LogP contribution >= 0.6 is 12.2 Å². The summed E-state index contributed by atoms with van der Waals surface area (Å²) in [7, 11) is 0. The molecule has 0 atom stereocenters. The SMILES string of the molecule is O=C(O)COc1ccccc1/C=N\n1c(-c2ccccn2)n[nH]c1=S. The predicted octanol–water partition coefficient (Wildman–Crippen LogP) is 2.35. The number of aromatic nitrogens is 4. The van der Waals surface area contributed by atoms with Gasteiger partial charge >= 0.3 is 5.97 Å². The van der Waals surface area contributed by atoms with E-state index in [2.05, 4.69) is 20.3 Å². The fourth-order valence-electron chi connectivity index (χ4n) is 2.04. The molecule has 0 unspecified atom stereocenters. The van der Waals surface area contributed by atoms with Crippen molar-refractivity contribution < 1.29 is 14.6 Å². The van der Waals surface area contributed by atoms with Gasteiger partial charge in [-0.25, -0.2) is 9.89 Å². The molecule has 0 bridgehead atoms. The number of ether oxygens (including phenoxy) is 1. The van der Waals surface area contributed by atoms with E-state index in [0.29, 0.717) is 27.6 Å². The van der Waals surface area contributed by atoms with Gasteiger partial charge in [0.25, 0.3) is 0 Å². The number of H-pyrrole nitrogens is 1. The molecular weight excluding hydrogens is 342 g/mol. The fraction of sp³-hybridized carbons (Fsp3) is 0.0625. The van der Waals surface area contributed by atoms with Gasteiger partial charge in [0.1, 0.15) is 11.4 Å². The van der Waals surface area contributed by atoms with Crippen molar-refractivity contribution in [1.29, 1.82) is 0 Å². The Morgan fingerprint density at radius 2 is 2.12 bits per heavy atom. The van der Waals surface area contributed by atoms with Crippen molar-refractivity contribution in [2.45, 2.75) is 0 Å². The van der Waals surface area contributed by atoms with Gasteiger partial charge in [0.15, 0.2) is 6.61 Å². The Morgan fingerprint density at radius 1 is 1.32 bits per heavy atom. The molecule has 0 radical (unpaired) electrons. The van der Waals surface area contributed by atoms with Crippen LogP contribution in [-0.4, -0.2) is 43.8 Å². The predicted molar refractivity (Wildman–Crippen MR) is 93.2 cm³/mol.